The largest absolute Gasteiger partial charge is 0.461 e. The van der Waals surface area contributed by atoms with E-state index in [1.54, 1.807) is 13.8 Å². The minimum absolute atomic E-state index is 0.179. The number of ether oxygens (including phenoxy) is 2. The second kappa shape index (κ2) is 7.43. The maximum atomic E-state index is 13.3. The Hall–Kier alpha value is -2.36. The molecule has 38 heavy (non-hydrogen) atoms. The Morgan fingerprint density at radius 3 is 2.74 bits per heavy atom. The van der Waals surface area contributed by atoms with Crippen LogP contribution in [0.2, 0.25) is 5.82 Å². The number of cyclic esters (lactones) is 1. The molecule has 0 spiro atoms. The smallest absolute Gasteiger partial charge is 0.452 e. The van der Waals surface area contributed by atoms with E-state index >= 15 is 0 Å². The zero-order chi connectivity index (χ0) is 26.2. The Morgan fingerprint density at radius 1 is 1.11 bits per heavy atom. The molecule has 1 unspecified atom stereocenters. The summed E-state index contributed by atoms with van der Waals surface area (Å²) in [4.78, 5) is 13.3. The van der Waals surface area contributed by atoms with Crippen LogP contribution in [-0.2, 0) is 33.7 Å². The number of rotatable bonds is 4. The lowest BCUT2D eigenvalue weighted by Gasteiger charge is -2.64. The monoisotopic (exact) mass is 517 g/mol. The standard InChI is InChI=1S/C29H36BN3O5/c1-27(2)17-8-22(27)29(5)23(9-17)37-30(38-29)20-10-19(20)18-7-6-15(13-33-14-16-11-31-12-21(16)32-33)24-25(18)35-28(3,4)36-26(24)34/h6-7,14,17,19-20,22-23,31H,8-13H2,1-5H3/t17-,19+,20+,22-,23?,29-/m0/s1. The van der Waals surface area contributed by atoms with E-state index in [-0.39, 0.29) is 36.5 Å². The molecule has 1 saturated heterocycles. The Kier molecular flexibility index (Phi) is 4.60. The Morgan fingerprint density at radius 2 is 1.95 bits per heavy atom. The molecule has 0 amide bonds. The highest BCUT2D eigenvalue weighted by atomic mass is 16.7. The molecule has 1 aromatic carbocycles. The van der Waals surface area contributed by atoms with Crippen LogP contribution in [0.5, 0.6) is 5.75 Å². The summed E-state index contributed by atoms with van der Waals surface area (Å²) in [5.41, 5.74) is 4.85. The van der Waals surface area contributed by atoms with Crippen LogP contribution in [0, 0.1) is 17.3 Å². The number of hydrogen-bond donors (Lipinski definition) is 1. The van der Waals surface area contributed by atoms with Crippen molar-refractivity contribution in [2.45, 2.75) is 103 Å². The first-order valence-electron chi connectivity index (χ1n) is 14.2. The maximum Gasteiger partial charge on any atom is 0.461 e. The number of carbonyl (C=O) groups excluding carboxylic acids is 1. The first kappa shape index (κ1) is 23.5. The summed E-state index contributed by atoms with van der Waals surface area (Å²) in [5, 5.41) is 8.03. The second-order valence-corrected chi connectivity index (χ2v) is 13.7. The molecule has 7 aliphatic rings. The number of aromatic nitrogens is 2. The van der Waals surface area contributed by atoms with Crippen molar-refractivity contribution >= 4 is 13.1 Å². The number of esters is 1. The van der Waals surface area contributed by atoms with Crippen LogP contribution in [0.4, 0.5) is 0 Å². The highest BCUT2D eigenvalue weighted by Crippen LogP contribution is 2.68. The lowest BCUT2D eigenvalue weighted by molar-refractivity contribution is -0.199. The molecular weight excluding hydrogens is 481 g/mol. The third kappa shape index (κ3) is 3.21. The van der Waals surface area contributed by atoms with Gasteiger partial charge in [0.25, 0.3) is 0 Å². The zero-order valence-corrected chi connectivity index (χ0v) is 22.9. The summed E-state index contributed by atoms with van der Waals surface area (Å²) in [5.74, 6) is 1.08. The van der Waals surface area contributed by atoms with Gasteiger partial charge in [-0.3, -0.25) is 4.68 Å². The van der Waals surface area contributed by atoms with Crippen molar-refractivity contribution in [1.29, 1.82) is 0 Å². The number of fused-ring (bicyclic) bond motifs is 2. The van der Waals surface area contributed by atoms with E-state index in [9.17, 15) is 4.79 Å². The van der Waals surface area contributed by atoms with Crippen molar-refractivity contribution in [3.8, 4) is 5.75 Å². The van der Waals surface area contributed by atoms with Crippen LogP contribution in [-0.4, -0.2) is 40.4 Å². The fourth-order valence-corrected chi connectivity index (χ4v) is 8.26. The van der Waals surface area contributed by atoms with Gasteiger partial charge in [0.15, 0.2) is 0 Å². The third-order valence-corrected chi connectivity index (χ3v) is 10.6. The molecule has 3 aliphatic heterocycles. The molecule has 2 bridgehead atoms. The summed E-state index contributed by atoms with van der Waals surface area (Å²) in [6.45, 7) is 12.8. The van der Waals surface area contributed by atoms with Crippen molar-refractivity contribution < 1.29 is 23.6 Å². The van der Waals surface area contributed by atoms with Gasteiger partial charge in [-0.2, -0.15) is 5.10 Å². The molecule has 4 heterocycles. The highest BCUT2D eigenvalue weighted by molar-refractivity contribution is 6.49. The molecule has 0 radical (unpaired) electrons. The number of nitrogens with zero attached hydrogens (tertiary/aromatic N) is 2. The molecule has 6 atom stereocenters. The van der Waals surface area contributed by atoms with Crippen LogP contribution >= 0.6 is 0 Å². The van der Waals surface area contributed by atoms with Gasteiger partial charge in [0.05, 0.1) is 23.9 Å². The van der Waals surface area contributed by atoms with Gasteiger partial charge in [0, 0.05) is 44.5 Å². The van der Waals surface area contributed by atoms with Gasteiger partial charge in [-0.15, -0.1) is 0 Å². The lowest BCUT2D eigenvalue weighted by atomic mass is 9.43. The van der Waals surface area contributed by atoms with Crippen LogP contribution in [0.25, 0.3) is 0 Å². The summed E-state index contributed by atoms with van der Waals surface area (Å²) in [7, 11) is -0.205. The molecule has 5 fully saturated rings. The lowest BCUT2D eigenvalue weighted by Crippen LogP contribution is -2.65. The quantitative estimate of drug-likeness (QED) is 0.475. The van der Waals surface area contributed by atoms with E-state index in [0.717, 1.165) is 48.7 Å². The molecule has 1 aromatic heterocycles. The molecule has 9 heteroatoms. The third-order valence-electron chi connectivity index (χ3n) is 10.6. The topological polar surface area (TPSA) is 83.8 Å². The molecule has 4 aliphatic carbocycles. The van der Waals surface area contributed by atoms with Crippen LogP contribution in [0.1, 0.15) is 92.5 Å². The Balaban J connectivity index is 1.09. The van der Waals surface area contributed by atoms with Crippen molar-refractivity contribution in [2.75, 3.05) is 0 Å². The molecular formula is C29H36BN3O5. The van der Waals surface area contributed by atoms with Crippen LogP contribution < -0.4 is 10.1 Å². The normalized spacial score (nSPS) is 37.0. The second-order valence-electron chi connectivity index (χ2n) is 13.7. The fourth-order valence-electron chi connectivity index (χ4n) is 8.26. The predicted octanol–water partition coefficient (Wildman–Crippen LogP) is 4.41. The van der Waals surface area contributed by atoms with Crippen molar-refractivity contribution in [1.82, 2.24) is 15.1 Å². The summed E-state index contributed by atoms with van der Waals surface area (Å²) < 4.78 is 27.4. The van der Waals surface area contributed by atoms with Gasteiger partial charge in [0.1, 0.15) is 11.3 Å². The predicted molar refractivity (Wildman–Crippen MR) is 140 cm³/mol. The molecule has 1 N–H and O–H groups in total. The van der Waals surface area contributed by atoms with E-state index in [1.165, 1.54) is 12.0 Å². The molecule has 200 valence electrons. The van der Waals surface area contributed by atoms with Gasteiger partial charge >= 0.3 is 13.1 Å². The fraction of sp³-hybridized carbons (Fsp3) is 0.655. The van der Waals surface area contributed by atoms with Crippen molar-refractivity contribution in [3.05, 3.63) is 46.3 Å². The molecule has 2 aromatic rings. The summed E-state index contributed by atoms with van der Waals surface area (Å²) in [6.07, 6.45) is 5.55. The summed E-state index contributed by atoms with van der Waals surface area (Å²) >= 11 is 0. The average Bonchev–Trinajstić information content (AvgIpc) is 3.13. The molecule has 9 rings (SSSR count). The first-order chi connectivity index (χ1) is 18.0. The Bertz CT molecular complexity index is 1350. The van der Waals surface area contributed by atoms with E-state index in [0.29, 0.717) is 29.2 Å². The van der Waals surface area contributed by atoms with Gasteiger partial charge < -0.3 is 24.1 Å². The zero-order valence-electron chi connectivity index (χ0n) is 22.9. The highest BCUT2D eigenvalue weighted by Gasteiger charge is 2.70. The number of nitrogens with one attached hydrogen (secondary N) is 1. The minimum atomic E-state index is -1.02. The van der Waals surface area contributed by atoms with E-state index in [1.807, 2.05) is 10.7 Å². The SMILES string of the molecule is CC1(C)OC(=O)c2c(Cn3cc4c(n3)CNC4)ccc([C@H]3C[C@H]3B3OC4C[C@@H]5C[C@@H](C5(C)C)[C@]4(C)O3)c2O1. The van der Waals surface area contributed by atoms with Gasteiger partial charge in [-0.05, 0) is 60.5 Å². The van der Waals surface area contributed by atoms with E-state index < -0.39 is 5.79 Å². The average molecular weight is 517 g/mol. The minimum Gasteiger partial charge on any atom is -0.452 e. The van der Waals surface area contributed by atoms with Crippen molar-refractivity contribution in [2.24, 2.45) is 17.3 Å². The molecule has 8 nitrogen and oxygen atoms in total. The Labute approximate surface area is 223 Å². The van der Waals surface area contributed by atoms with Crippen LogP contribution in [0.15, 0.2) is 18.3 Å². The molecule has 4 saturated carbocycles. The van der Waals surface area contributed by atoms with E-state index in [2.05, 4.69) is 38.4 Å². The first-order valence-corrected chi connectivity index (χ1v) is 14.2. The van der Waals surface area contributed by atoms with Crippen LogP contribution in [0.3, 0.4) is 0 Å². The van der Waals surface area contributed by atoms with Crippen molar-refractivity contribution in [3.63, 3.8) is 0 Å². The number of benzene rings is 1. The number of hydrogen-bond acceptors (Lipinski definition) is 7. The summed E-state index contributed by atoms with van der Waals surface area (Å²) in [6, 6.07) is 4.18. The van der Waals surface area contributed by atoms with Gasteiger partial charge in [-0.25, -0.2) is 4.79 Å². The van der Waals surface area contributed by atoms with E-state index in [4.69, 9.17) is 23.9 Å². The number of carbonyl (C=O) groups is 1. The maximum absolute atomic E-state index is 13.3. The van der Waals surface area contributed by atoms with Gasteiger partial charge in [0.2, 0.25) is 5.79 Å². The van der Waals surface area contributed by atoms with Gasteiger partial charge in [-0.1, -0.05) is 26.0 Å².